The Labute approximate surface area is 182 Å². The minimum absolute atomic E-state index is 0. The maximum Gasteiger partial charge on any atom is 0.269 e. The Bertz CT molecular complexity index is 805. The van der Waals surface area contributed by atoms with Crippen LogP contribution in [0.4, 0.5) is 5.69 Å². The Balaban J connectivity index is 0.00000392. The van der Waals surface area contributed by atoms with Crippen LogP contribution in [0.2, 0.25) is 0 Å². The van der Waals surface area contributed by atoms with Crippen molar-refractivity contribution in [2.24, 2.45) is 4.99 Å². The van der Waals surface area contributed by atoms with Gasteiger partial charge >= 0.3 is 0 Å². The van der Waals surface area contributed by atoms with Gasteiger partial charge in [-0.15, -0.1) is 24.0 Å². The van der Waals surface area contributed by atoms with Crippen molar-refractivity contribution in [3.8, 4) is 5.75 Å². The van der Waals surface area contributed by atoms with E-state index >= 15 is 0 Å². The molecular weight excluding hydrogens is 471 g/mol. The van der Waals surface area contributed by atoms with E-state index in [0.717, 1.165) is 22.4 Å². The first-order valence-corrected chi connectivity index (χ1v) is 8.51. The lowest BCUT2D eigenvalue weighted by Crippen LogP contribution is -2.37. The highest BCUT2D eigenvalue weighted by molar-refractivity contribution is 14.0. The first kappa shape index (κ1) is 23.4. The number of non-ortho nitro benzene ring substituents is 1. The van der Waals surface area contributed by atoms with Crippen molar-refractivity contribution in [2.45, 2.75) is 20.0 Å². The molecular formula is C20H25IN4O3. The van der Waals surface area contributed by atoms with E-state index in [1.54, 1.807) is 19.2 Å². The highest BCUT2D eigenvalue weighted by Crippen LogP contribution is 2.13. The van der Waals surface area contributed by atoms with E-state index in [1.807, 2.05) is 31.2 Å². The number of halogens is 1. The summed E-state index contributed by atoms with van der Waals surface area (Å²) in [6.45, 7) is 7.44. The number of rotatable bonds is 8. The average molecular weight is 496 g/mol. The summed E-state index contributed by atoms with van der Waals surface area (Å²) in [5.41, 5.74) is 3.05. The lowest BCUT2D eigenvalue weighted by Gasteiger charge is -2.13. The summed E-state index contributed by atoms with van der Waals surface area (Å²) in [6, 6.07) is 14.2. The molecule has 0 amide bonds. The van der Waals surface area contributed by atoms with E-state index in [4.69, 9.17) is 4.74 Å². The van der Waals surface area contributed by atoms with Crippen LogP contribution in [0, 0.1) is 10.1 Å². The number of hydrogen-bond donors (Lipinski definition) is 2. The number of nitro benzene ring substituents is 1. The maximum absolute atomic E-state index is 10.7. The summed E-state index contributed by atoms with van der Waals surface area (Å²) in [7, 11) is 1.63. The number of nitrogens with zero attached hydrogens (tertiary/aromatic N) is 2. The summed E-state index contributed by atoms with van der Waals surface area (Å²) in [5, 5.41) is 17.2. The topological polar surface area (TPSA) is 88.8 Å². The molecule has 8 heteroatoms. The van der Waals surface area contributed by atoms with E-state index in [1.165, 1.54) is 12.1 Å². The van der Waals surface area contributed by atoms with Gasteiger partial charge in [0.2, 0.25) is 0 Å². The highest BCUT2D eigenvalue weighted by atomic mass is 127. The van der Waals surface area contributed by atoms with Crippen molar-refractivity contribution in [2.75, 3.05) is 13.7 Å². The number of methoxy groups -OCH3 is 1. The van der Waals surface area contributed by atoms with Crippen molar-refractivity contribution < 1.29 is 9.66 Å². The molecule has 0 radical (unpaired) electrons. The molecule has 0 aliphatic carbocycles. The number of ether oxygens (including phenoxy) is 1. The molecule has 0 heterocycles. The first-order valence-electron chi connectivity index (χ1n) is 8.51. The summed E-state index contributed by atoms with van der Waals surface area (Å²) in [6.07, 6.45) is 0. The molecule has 0 aliphatic rings. The van der Waals surface area contributed by atoms with E-state index < -0.39 is 4.92 Å². The van der Waals surface area contributed by atoms with E-state index in [0.29, 0.717) is 25.6 Å². The summed E-state index contributed by atoms with van der Waals surface area (Å²) in [4.78, 5) is 14.9. The third kappa shape index (κ3) is 7.95. The predicted octanol–water partition coefficient (Wildman–Crippen LogP) is 4.03. The van der Waals surface area contributed by atoms with Crippen LogP contribution in [0.3, 0.4) is 0 Å². The quantitative estimate of drug-likeness (QED) is 0.144. The second-order valence-electron chi connectivity index (χ2n) is 6.10. The van der Waals surface area contributed by atoms with E-state index in [-0.39, 0.29) is 29.7 Å². The molecule has 0 bridgehead atoms. The zero-order valence-corrected chi connectivity index (χ0v) is 18.3. The molecule has 0 aliphatic heterocycles. The Kier molecular flexibility index (Phi) is 10.0. The van der Waals surface area contributed by atoms with Crippen molar-refractivity contribution in [3.63, 3.8) is 0 Å². The summed E-state index contributed by atoms with van der Waals surface area (Å²) < 4.78 is 5.16. The third-order valence-electron chi connectivity index (χ3n) is 3.74. The summed E-state index contributed by atoms with van der Waals surface area (Å²) in [5.74, 6) is 1.45. The van der Waals surface area contributed by atoms with Crippen molar-refractivity contribution in [3.05, 3.63) is 81.9 Å². The van der Waals surface area contributed by atoms with E-state index in [2.05, 4.69) is 22.2 Å². The van der Waals surface area contributed by atoms with Gasteiger partial charge in [0.25, 0.3) is 5.69 Å². The molecule has 0 spiro atoms. The molecule has 0 fully saturated rings. The molecule has 0 aromatic heterocycles. The van der Waals surface area contributed by atoms with E-state index in [9.17, 15) is 10.1 Å². The summed E-state index contributed by atoms with van der Waals surface area (Å²) >= 11 is 0. The van der Waals surface area contributed by atoms with Gasteiger partial charge in [-0.1, -0.05) is 36.4 Å². The Morgan fingerprint density at radius 1 is 1.11 bits per heavy atom. The lowest BCUT2D eigenvalue weighted by atomic mass is 10.2. The molecule has 2 N–H and O–H groups in total. The zero-order valence-electron chi connectivity index (χ0n) is 16.0. The molecule has 0 atom stereocenters. The smallest absolute Gasteiger partial charge is 0.269 e. The molecule has 0 saturated heterocycles. The van der Waals surface area contributed by atoms with Crippen LogP contribution >= 0.6 is 24.0 Å². The third-order valence-corrected chi connectivity index (χ3v) is 3.74. The number of aliphatic imine (C=N–C) groups is 1. The van der Waals surface area contributed by atoms with Crippen molar-refractivity contribution in [1.82, 2.24) is 10.6 Å². The van der Waals surface area contributed by atoms with Gasteiger partial charge < -0.3 is 15.4 Å². The fraction of sp³-hybridized carbons (Fsp3) is 0.250. The molecule has 7 nitrogen and oxygen atoms in total. The number of hydrogen-bond acceptors (Lipinski definition) is 4. The normalized spacial score (nSPS) is 10.6. The maximum atomic E-state index is 10.7. The Hall–Kier alpha value is -2.62. The van der Waals surface area contributed by atoms with Crippen molar-refractivity contribution in [1.29, 1.82) is 0 Å². The van der Waals surface area contributed by atoms with Crippen LogP contribution in [0.5, 0.6) is 5.75 Å². The molecule has 0 unspecified atom stereocenters. The minimum Gasteiger partial charge on any atom is -0.497 e. The van der Waals surface area contributed by atoms with Gasteiger partial charge in [0.1, 0.15) is 5.75 Å². The van der Waals surface area contributed by atoms with Crippen LogP contribution in [-0.4, -0.2) is 24.5 Å². The van der Waals surface area contributed by atoms with Crippen LogP contribution in [-0.2, 0) is 13.1 Å². The average Bonchev–Trinajstić information content (AvgIpc) is 2.68. The van der Waals surface area contributed by atoms with Gasteiger partial charge in [-0.3, -0.25) is 10.1 Å². The van der Waals surface area contributed by atoms with Crippen LogP contribution < -0.4 is 15.4 Å². The molecule has 28 heavy (non-hydrogen) atoms. The standard InChI is InChI=1S/C20H24N4O3.HI/c1-15(2)12-21-20(23-14-17-6-10-19(27-3)11-7-17)22-13-16-4-8-18(9-5-16)24(25)26;/h4-11H,1,12-14H2,2-3H3,(H2,21,22,23);1H. The van der Waals surface area contributed by atoms with Gasteiger partial charge in [0, 0.05) is 25.2 Å². The van der Waals surface area contributed by atoms with Crippen LogP contribution in [0.1, 0.15) is 18.1 Å². The second kappa shape index (κ2) is 12.0. The fourth-order valence-electron chi connectivity index (χ4n) is 2.23. The molecule has 2 aromatic rings. The number of nitrogens with one attached hydrogen (secondary N) is 2. The second-order valence-corrected chi connectivity index (χ2v) is 6.10. The van der Waals surface area contributed by atoms with Gasteiger partial charge in [0.05, 0.1) is 18.6 Å². The minimum atomic E-state index is -0.409. The monoisotopic (exact) mass is 496 g/mol. The zero-order chi connectivity index (χ0) is 19.6. The fourth-order valence-corrected chi connectivity index (χ4v) is 2.23. The predicted molar refractivity (Wildman–Crippen MR) is 122 cm³/mol. The SMILES string of the molecule is C=C(C)CNC(=NCc1ccc(OC)cc1)NCc1ccc([N+](=O)[O-])cc1.I. The van der Waals surface area contributed by atoms with Crippen molar-refractivity contribution >= 4 is 35.6 Å². The van der Waals surface area contributed by atoms with Gasteiger partial charge in [-0.2, -0.15) is 0 Å². The number of guanidine groups is 1. The Morgan fingerprint density at radius 2 is 1.71 bits per heavy atom. The molecule has 150 valence electrons. The first-order chi connectivity index (χ1) is 13.0. The Morgan fingerprint density at radius 3 is 2.25 bits per heavy atom. The van der Waals surface area contributed by atoms with Crippen LogP contribution in [0.15, 0.2) is 65.7 Å². The van der Waals surface area contributed by atoms with Gasteiger partial charge in [-0.25, -0.2) is 4.99 Å². The molecule has 2 rings (SSSR count). The molecule has 2 aromatic carbocycles. The highest BCUT2D eigenvalue weighted by Gasteiger charge is 2.05. The largest absolute Gasteiger partial charge is 0.497 e. The van der Waals surface area contributed by atoms with Crippen LogP contribution in [0.25, 0.3) is 0 Å². The lowest BCUT2D eigenvalue weighted by molar-refractivity contribution is -0.384. The van der Waals surface area contributed by atoms with Gasteiger partial charge in [0.15, 0.2) is 5.96 Å². The molecule has 0 saturated carbocycles. The van der Waals surface area contributed by atoms with Gasteiger partial charge in [-0.05, 0) is 30.2 Å². The number of nitro groups is 1. The number of benzene rings is 2.